The Bertz CT molecular complexity index is 582. The summed E-state index contributed by atoms with van der Waals surface area (Å²) in [4.78, 5) is 8.29. The standard InChI is InChI=1S/C16H18N4S/c1-2-20-16(13-17,14-6-4-3-5-7-14)8-11-21-15-12-18-9-10-19-15/h3-7,9-10,12,20H,2,8,11H2,1H3. The van der Waals surface area contributed by atoms with Crippen LogP contribution in [0.1, 0.15) is 18.9 Å². The maximum atomic E-state index is 9.71. The van der Waals surface area contributed by atoms with Crippen molar-refractivity contribution in [2.45, 2.75) is 23.9 Å². The fraction of sp³-hybridized carbons (Fsp3) is 0.312. The Morgan fingerprint density at radius 1 is 1.29 bits per heavy atom. The molecule has 0 radical (unpaired) electrons. The van der Waals surface area contributed by atoms with Crippen LogP contribution in [0.5, 0.6) is 0 Å². The summed E-state index contributed by atoms with van der Waals surface area (Å²) in [6.45, 7) is 2.77. The zero-order valence-electron chi connectivity index (χ0n) is 12.0. The molecule has 0 fully saturated rings. The van der Waals surface area contributed by atoms with Gasteiger partial charge in [-0.3, -0.25) is 10.3 Å². The molecule has 1 unspecified atom stereocenters. The Balaban J connectivity index is 2.09. The molecule has 108 valence electrons. The number of nitriles is 1. The van der Waals surface area contributed by atoms with Gasteiger partial charge in [-0.1, -0.05) is 37.3 Å². The van der Waals surface area contributed by atoms with E-state index in [1.54, 1.807) is 30.4 Å². The van der Waals surface area contributed by atoms with Crippen LogP contribution < -0.4 is 5.32 Å². The molecule has 1 heterocycles. The van der Waals surface area contributed by atoms with Gasteiger partial charge in [0.2, 0.25) is 0 Å². The van der Waals surface area contributed by atoms with Gasteiger partial charge in [0, 0.05) is 18.1 Å². The molecule has 21 heavy (non-hydrogen) atoms. The highest BCUT2D eigenvalue weighted by molar-refractivity contribution is 7.99. The van der Waals surface area contributed by atoms with Gasteiger partial charge in [-0.2, -0.15) is 5.26 Å². The first-order valence-corrected chi connectivity index (χ1v) is 7.90. The Kier molecular flexibility index (Phi) is 5.73. The average molecular weight is 298 g/mol. The molecule has 4 nitrogen and oxygen atoms in total. The van der Waals surface area contributed by atoms with E-state index in [1.165, 1.54) is 0 Å². The first-order chi connectivity index (χ1) is 10.3. The van der Waals surface area contributed by atoms with Crippen molar-refractivity contribution in [2.24, 2.45) is 0 Å². The SMILES string of the molecule is CCNC(C#N)(CCSc1cnccn1)c1ccccc1. The van der Waals surface area contributed by atoms with Crippen LogP contribution in [-0.4, -0.2) is 22.3 Å². The van der Waals surface area contributed by atoms with Gasteiger partial charge in [0.05, 0.1) is 12.3 Å². The summed E-state index contributed by atoms with van der Waals surface area (Å²) in [6.07, 6.45) is 5.80. The van der Waals surface area contributed by atoms with Crippen molar-refractivity contribution < 1.29 is 0 Å². The van der Waals surface area contributed by atoms with E-state index in [-0.39, 0.29) is 0 Å². The van der Waals surface area contributed by atoms with Gasteiger partial charge >= 0.3 is 0 Å². The molecule has 0 bridgehead atoms. The lowest BCUT2D eigenvalue weighted by molar-refractivity contribution is 0.428. The van der Waals surface area contributed by atoms with Gasteiger partial charge in [-0.25, -0.2) is 4.98 Å². The van der Waals surface area contributed by atoms with Crippen LogP contribution in [0.25, 0.3) is 0 Å². The van der Waals surface area contributed by atoms with Gasteiger partial charge in [0.1, 0.15) is 10.6 Å². The third-order valence-electron chi connectivity index (χ3n) is 3.20. The molecule has 5 heteroatoms. The van der Waals surface area contributed by atoms with Gasteiger partial charge in [-0.15, -0.1) is 11.8 Å². The molecule has 1 aromatic carbocycles. The highest BCUT2D eigenvalue weighted by Crippen LogP contribution is 2.27. The van der Waals surface area contributed by atoms with Crippen molar-refractivity contribution in [3.05, 3.63) is 54.5 Å². The summed E-state index contributed by atoms with van der Waals surface area (Å²) >= 11 is 1.62. The zero-order valence-corrected chi connectivity index (χ0v) is 12.8. The lowest BCUT2D eigenvalue weighted by atomic mass is 9.88. The lowest BCUT2D eigenvalue weighted by Gasteiger charge is -2.28. The third-order valence-corrected chi connectivity index (χ3v) is 4.12. The van der Waals surface area contributed by atoms with Crippen LogP contribution in [0.15, 0.2) is 53.9 Å². The second-order valence-corrected chi connectivity index (χ2v) is 5.67. The monoisotopic (exact) mass is 298 g/mol. The second kappa shape index (κ2) is 7.77. The smallest absolute Gasteiger partial charge is 0.133 e. The van der Waals surface area contributed by atoms with Crippen LogP contribution >= 0.6 is 11.8 Å². The van der Waals surface area contributed by atoms with Crippen LogP contribution in [0.3, 0.4) is 0 Å². The van der Waals surface area contributed by atoms with E-state index in [0.717, 1.165) is 22.9 Å². The quantitative estimate of drug-likeness (QED) is 0.796. The first kappa shape index (κ1) is 15.5. The van der Waals surface area contributed by atoms with Gasteiger partial charge in [-0.05, 0) is 18.5 Å². The lowest BCUT2D eigenvalue weighted by Crippen LogP contribution is -2.41. The van der Waals surface area contributed by atoms with Gasteiger partial charge in [0.15, 0.2) is 0 Å². The van der Waals surface area contributed by atoms with Crippen LogP contribution in [0.2, 0.25) is 0 Å². The van der Waals surface area contributed by atoms with Crippen molar-refractivity contribution in [3.63, 3.8) is 0 Å². The summed E-state index contributed by atoms with van der Waals surface area (Å²) < 4.78 is 0. The van der Waals surface area contributed by atoms with Crippen molar-refractivity contribution in [1.82, 2.24) is 15.3 Å². The van der Waals surface area contributed by atoms with E-state index in [2.05, 4.69) is 21.4 Å². The Morgan fingerprint density at radius 3 is 2.71 bits per heavy atom. The van der Waals surface area contributed by atoms with Gasteiger partial charge in [0.25, 0.3) is 0 Å². The number of thioether (sulfide) groups is 1. The highest BCUT2D eigenvalue weighted by Gasteiger charge is 2.30. The minimum atomic E-state index is -0.648. The van der Waals surface area contributed by atoms with Crippen LogP contribution in [0.4, 0.5) is 0 Å². The summed E-state index contributed by atoms with van der Waals surface area (Å²) in [5, 5.41) is 13.9. The summed E-state index contributed by atoms with van der Waals surface area (Å²) in [5.41, 5.74) is 0.361. The predicted octanol–water partition coefficient (Wildman–Crippen LogP) is 2.99. The number of nitrogens with one attached hydrogen (secondary N) is 1. The molecular weight excluding hydrogens is 280 g/mol. The average Bonchev–Trinajstić information content (AvgIpc) is 2.56. The topological polar surface area (TPSA) is 61.6 Å². The van der Waals surface area contributed by atoms with Crippen molar-refractivity contribution >= 4 is 11.8 Å². The van der Waals surface area contributed by atoms with E-state index >= 15 is 0 Å². The number of hydrogen-bond acceptors (Lipinski definition) is 5. The minimum absolute atomic E-state index is 0.648. The molecule has 0 saturated carbocycles. The Hall–Kier alpha value is -1.90. The maximum absolute atomic E-state index is 9.71. The summed E-state index contributed by atoms with van der Waals surface area (Å²) in [6, 6.07) is 12.4. The van der Waals surface area contributed by atoms with E-state index in [4.69, 9.17) is 0 Å². The number of benzene rings is 1. The second-order valence-electron chi connectivity index (χ2n) is 4.56. The van der Waals surface area contributed by atoms with Gasteiger partial charge < -0.3 is 0 Å². The van der Waals surface area contributed by atoms with Crippen LogP contribution in [-0.2, 0) is 5.54 Å². The fourth-order valence-electron chi connectivity index (χ4n) is 2.19. The fourth-order valence-corrected chi connectivity index (χ4v) is 3.08. The molecule has 1 atom stereocenters. The molecule has 0 aliphatic rings. The van der Waals surface area contributed by atoms with Crippen molar-refractivity contribution in [2.75, 3.05) is 12.3 Å². The molecule has 0 spiro atoms. The molecule has 1 N–H and O–H groups in total. The normalized spacial score (nSPS) is 13.3. The highest BCUT2D eigenvalue weighted by atomic mass is 32.2. The van der Waals surface area contributed by atoms with E-state index in [0.29, 0.717) is 6.42 Å². The summed E-state index contributed by atoms with van der Waals surface area (Å²) in [5.74, 6) is 0.800. The number of aromatic nitrogens is 2. The molecule has 1 aromatic heterocycles. The first-order valence-electron chi connectivity index (χ1n) is 6.91. The third kappa shape index (κ3) is 4.03. The molecule has 2 rings (SSSR count). The molecule has 0 amide bonds. The summed E-state index contributed by atoms with van der Waals surface area (Å²) in [7, 11) is 0. The molecule has 2 aromatic rings. The zero-order chi connectivity index (χ0) is 15.0. The Morgan fingerprint density at radius 2 is 2.10 bits per heavy atom. The number of nitrogens with zero attached hydrogens (tertiary/aromatic N) is 3. The number of rotatable bonds is 7. The molecule has 0 aliphatic heterocycles. The van der Waals surface area contributed by atoms with Crippen molar-refractivity contribution in [1.29, 1.82) is 5.26 Å². The molecule has 0 aliphatic carbocycles. The Labute approximate surface area is 129 Å². The van der Waals surface area contributed by atoms with E-state index in [1.807, 2.05) is 37.3 Å². The number of hydrogen-bond donors (Lipinski definition) is 1. The minimum Gasteiger partial charge on any atom is -0.296 e. The van der Waals surface area contributed by atoms with Crippen molar-refractivity contribution in [3.8, 4) is 6.07 Å². The molecule has 0 saturated heterocycles. The maximum Gasteiger partial charge on any atom is 0.133 e. The largest absolute Gasteiger partial charge is 0.296 e. The van der Waals surface area contributed by atoms with Crippen LogP contribution in [0, 0.1) is 11.3 Å². The molecular formula is C16H18N4S. The van der Waals surface area contributed by atoms with E-state index in [9.17, 15) is 5.26 Å². The van der Waals surface area contributed by atoms with E-state index < -0.39 is 5.54 Å². The predicted molar refractivity (Wildman–Crippen MR) is 84.8 cm³/mol.